The highest BCUT2D eigenvalue weighted by molar-refractivity contribution is 5.76. The first-order valence-electron chi connectivity index (χ1n) is 12.9. The van der Waals surface area contributed by atoms with Gasteiger partial charge in [0.2, 0.25) is 0 Å². The van der Waals surface area contributed by atoms with Gasteiger partial charge in [-0.2, -0.15) is 0 Å². The first-order chi connectivity index (χ1) is 18.6. The molecule has 0 atom stereocenters. The highest BCUT2D eigenvalue weighted by atomic mass is 14.9. The molecule has 2 nitrogen and oxygen atoms in total. The lowest BCUT2D eigenvalue weighted by Gasteiger charge is -2.09. The van der Waals surface area contributed by atoms with E-state index in [0.29, 0.717) is 0 Å². The lowest BCUT2D eigenvalue weighted by molar-refractivity contribution is 1.43. The third-order valence-corrected chi connectivity index (χ3v) is 6.51. The molecule has 5 rings (SSSR count). The van der Waals surface area contributed by atoms with Gasteiger partial charge in [0.25, 0.3) is 0 Å². The molecule has 0 aliphatic carbocycles. The molecule has 0 saturated heterocycles. The van der Waals surface area contributed by atoms with Crippen LogP contribution in [0, 0.1) is 13.8 Å². The third kappa shape index (κ3) is 6.68. The number of aryl methyl sites for hydroxylation is 2. The number of hydrogen-bond donors (Lipinski definition) is 2. The molecule has 2 heteroatoms. The molecule has 0 aromatic heterocycles. The molecule has 2 N–H and O–H groups in total. The maximum absolute atomic E-state index is 3.46. The molecule has 0 fully saturated rings. The van der Waals surface area contributed by atoms with Crippen LogP contribution < -0.4 is 10.6 Å². The number of para-hydroxylation sites is 2. The molecule has 0 amide bonds. The van der Waals surface area contributed by atoms with Crippen LogP contribution in [0.25, 0.3) is 24.3 Å². The second-order valence-electron chi connectivity index (χ2n) is 9.46. The normalized spacial score (nSPS) is 11.2. The summed E-state index contributed by atoms with van der Waals surface area (Å²) < 4.78 is 0. The average molecular weight is 493 g/mol. The van der Waals surface area contributed by atoms with E-state index in [0.717, 1.165) is 22.7 Å². The Morgan fingerprint density at radius 3 is 1.16 bits per heavy atom. The fraction of sp³-hybridized carbons (Fsp3) is 0.0556. The molecule has 0 unspecified atom stereocenters. The van der Waals surface area contributed by atoms with Crippen LogP contribution >= 0.6 is 0 Å². The molecular weight excluding hydrogens is 460 g/mol. The topological polar surface area (TPSA) is 24.1 Å². The van der Waals surface area contributed by atoms with E-state index in [9.17, 15) is 0 Å². The molecule has 0 aliphatic rings. The third-order valence-electron chi connectivity index (χ3n) is 6.51. The molecule has 0 bridgehead atoms. The number of benzene rings is 5. The molecule has 0 spiro atoms. The Kier molecular flexibility index (Phi) is 7.81. The monoisotopic (exact) mass is 492 g/mol. The standard InChI is InChI=1S/C36H32N2/c1-27-25-35(37-33-9-5-3-6-10-33)23-21-31(27)19-17-29-13-15-30(16-14-29)18-20-32-22-24-36(26-28(32)2)38-34-11-7-4-8-12-34/h3-26,37-38H,1-2H3. The Hall–Kier alpha value is -4.82. The van der Waals surface area contributed by atoms with Crippen LogP contribution in [0.4, 0.5) is 22.7 Å². The van der Waals surface area contributed by atoms with Gasteiger partial charge in [-0.05, 0) is 95.8 Å². The number of hydrogen-bond acceptors (Lipinski definition) is 2. The second-order valence-corrected chi connectivity index (χ2v) is 9.46. The minimum absolute atomic E-state index is 1.09. The predicted molar refractivity (Wildman–Crippen MR) is 166 cm³/mol. The van der Waals surface area contributed by atoms with Gasteiger partial charge in [0, 0.05) is 22.7 Å². The molecule has 0 saturated carbocycles. The summed E-state index contributed by atoms with van der Waals surface area (Å²) in [6.45, 7) is 4.30. The zero-order valence-electron chi connectivity index (χ0n) is 21.9. The van der Waals surface area contributed by atoms with E-state index in [4.69, 9.17) is 0 Å². The van der Waals surface area contributed by atoms with Crippen molar-refractivity contribution in [2.75, 3.05) is 10.6 Å². The van der Waals surface area contributed by atoms with Gasteiger partial charge >= 0.3 is 0 Å². The van der Waals surface area contributed by atoms with Gasteiger partial charge in [-0.3, -0.25) is 0 Å². The average Bonchev–Trinajstić information content (AvgIpc) is 2.94. The van der Waals surface area contributed by atoms with Crippen molar-refractivity contribution in [1.82, 2.24) is 0 Å². The van der Waals surface area contributed by atoms with Gasteiger partial charge in [-0.15, -0.1) is 0 Å². The highest BCUT2D eigenvalue weighted by Crippen LogP contribution is 2.23. The van der Waals surface area contributed by atoms with Crippen molar-refractivity contribution in [2.45, 2.75) is 13.8 Å². The number of rotatable bonds is 8. The quantitative estimate of drug-likeness (QED) is 0.211. The Balaban J connectivity index is 1.20. The predicted octanol–water partition coefficient (Wildman–Crippen LogP) is 10.1. The van der Waals surface area contributed by atoms with Crippen LogP contribution in [0.3, 0.4) is 0 Å². The molecule has 5 aromatic carbocycles. The Bertz CT molecular complexity index is 1430. The fourth-order valence-corrected chi connectivity index (χ4v) is 4.35. The molecule has 186 valence electrons. The summed E-state index contributed by atoms with van der Waals surface area (Å²) in [5, 5.41) is 6.92. The maximum Gasteiger partial charge on any atom is 0.0387 e. The maximum atomic E-state index is 3.46. The van der Waals surface area contributed by atoms with Gasteiger partial charge < -0.3 is 10.6 Å². The van der Waals surface area contributed by atoms with E-state index >= 15 is 0 Å². The van der Waals surface area contributed by atoms with Crippen molar-refractivity contribution in [3.8, 4) is 0 Å². The summed E-state index contributed by atoms with van der Waals surface area (Å²) in [6.07, 6.45) is 8.70. The summed E-state index contributed by atoms with van der Waals surface area (Å²) in [4.78, 5) is 0. The van der Waals surface area contributed by atoms with Gasteiger partial charge in [0.1, 0.15) is 0 Å². The van der Waals surface area contributed by atoms with Crippen molar-refractivity contribution in [3.63, 3.8) is 0 Å². The van der Waals surface area contributed by atoms with Gasteiger partial charge in [-0.25, -0.2) is 0 Å². The van der Waals surface area contributed by atoms with Crippen molar-refractivity contribution in [2.24, 2.45) is 0 Å². The molecule has 0 heterocycles. The molecule has 0 radical (unpaired) electrons. The smallest absolute Gasteiger partial charge is 0.0387 e. The SMILES string of the molecule is Cc1cc(Nc2ccccc2)ccc1C=Cc1ccc(C=Cc2ccc(Nc3ccccc3)cc2C)cc1. The summed E-state index contributed by atoms with van der Waals surface area (Å²) in [6, 6.07) is 42.1. The molecule has 0 aliphatic heterocycles. The van der Waals surface area contributed by atoms with E-state index in [1.54, 1.807) is 0 Å². The largest absolute Gasteiger partial charge is 0.356 e. The highest BCUT2D eigenvalue weighted by Gasteiger charge is 2.00. The van der Waals surface area contributed by atoms with Gasteiger partial charge in [-0.1, -0.05) is 97.1 Å². The van der Waals surface area contributed by atoms with Crippen LogP contribution in [0.5, 0.6) is 0 Å². The van der Waals surface area contributed by atoms with Crippen LogP contribution in [-0.4, -0.2) is 0 Å². The van der Waals surface area contributed by atoms with E-state index in [2.05, 4.69) is 134 Å². The van der Waals surface area contributed by atoms with E-state index in [-0.39, 0.29) is 0 Å². The Morgan fingerprint density at radius 2 is 0.789 bits per heavy atom. The summed E-state index contributed by atoms with van der Waals surface area (Å²) in [7, 11) is 0. The Labute approximate surface area is 226 Å². The first kappa shape index (κ1) is 24.9. The van der Waals surface area contributed by atoms with Crippen LogP contribution in [0.15, 0.2) is 121 Å². The lowest BCUT2D eigenvalue weighted by atomic mass is 10.0. The van der Waals surface area contributed by atoms with Crippen molar-refractivity contribution < 1.29 is 0 Å². The van der Waals surface area contributed by atoms with Gasteiger partial charge in [0.05, 0.1) is 0 Å². The summed E-state index contributed by atoms with van der Waals surface area (Å²) in [5.41, 5.74) is 11.7. The molecular formula is C36H32N2. The van der Waals surface area contributed by atoms with E-state index in [1.165, 1.54) is 33.4 Å². The van der Waals surface area contributed by atoms with E-state index in [1.807, 2.05) is 36.4 Å². The van der Waals surface area contributed by atoms with Crippen LogP contribution in [-0.2, 0) is 0 Å². The first-order valence-corrected chi connectivity index (χ1v) is 12.9. The van der Waals surface area contributed by atoms with Gasteiger partial charge in [0.15, 0.2) is 0 Å². The van der Waals surface area contributed by atoms with Crippen molar-refractivity contribution >= 4 is 47.1 Å². The Morgan fingerprint density at radius 1 is 0.395 bits per heavy atom. The summed E-state index contributed by atoms with van der Waals surface area (Å²) >= 11 is 0. The minimum Gasteiger partial charge on any atom is -0.356 e. The fourth-order valence-electron chi connectivity index (χ4n) is 4.35. The zero-order valence-corrected chi connectivity index (χ0v) is 21.9. The molecule has 38 heavy (non-hydrogen) atoms. The number of anilines is 4. The van der Waals surface area contributed by atoms with Crippen molar-refractivity contribution in [3.05, 3.63) is 155 Å². The number of nitrogens with one attached hydrogen (secondary N) is 2. The minimum atomic E-state index is 1.09. The zero-order chi connectivity index (χ0) is 26.2. The lowest BCUT2D eigenvalue weighted by Crippen LogP contribution is -1.91. The van der Waals surface area contributed by atoms with Crippen LogP contribution in [0.2, 0.25) is 0 Å². The summed E-state index contributed by atoms with van der Waals surface area (Å²) in [5.74, 6) is 0. The second kappa shape index (κ2) is 11.9. The van der Waals surface area contributed by atoms with E-state index < -0.39 is 0 Å². The van der Waals surface area contributed by atoms with Crippen molar-refractivity contribution in [1.29, 1.82) is 0 Å². The van der Waals surface area contributed by atoms with Crippen LogP contribution in [0.1, 0.15) is 33.4 Å². The molecule has 5 aromatic rings.